The van der Waals surface area contributed by atoms with Crippen LogP contribution in [0.5, 0.6) is 11.5 Å². The predicted octanol–water partition coefficient (Wildman–Crippen LogP) is 3.82. The van der Waals surface area contributed by atoms with Gasteiger partial charge >= 0.3 is 0 Å². The van der Waals surface area contributed by atoms with Crippen LogP contribution in [0, 0.1) is 13.8 Å². The normalized spacial score (nSPS) is 18.9. The first-order chi connectivity index (χ1) is 13.8. The SMILES string of the molecule is COCC1Cc2c(Br)c(C)cc(N)c2O1.COCC1Cc2cc(C)cc(N)c2O1. The summed E-state index contributed by atoms with van der Waals surface area (Å²) in [6.07, 6.45) is 1.97. The minimum atomic E-state index is 0.0883. The highest BCUT2D eigenvalue weighted by molar-refractivity contribution is 9.10. The zero-order valence-corrected chi connectivity index (χ0v) is 19.0. The Morgan fingerprint density at radius 2 is 1.52 bits per heavy atom. The van der Waals surface area contributed by atoms with Crippen molar-refractivity contribution < 1.29 is 18.9 Å². The molecule has 0 saturated carbocycles. The van der Waals surface area contributed by atoms with Gasteiger partial charge in [-0.15, -0.1) is 0 Å². The minimum absolute atomic E-state index is 0.0883. The summed E-state index contributed by atoms with van der Waals surface area (Å²) in [6.45, 7) is 5.29. The molecule has 0 bridgehead atoms. The van der Waals surface area contributed by atoms with E-state index >= 15 is 0 Å². The van der Waals surface area contributed by atoms with Gasteiger partial charge in [-0.2, -0.15) is 0 Å². The molecule has 6 nitrogen and oxygen atoms in total. The van der Waals surface area contributed by atoms with Crippen molar-refractivity contribution in [3.05, 3.63) is 44.9 Å². The van der Waals surface area contributed by atoms with Crippen LogP contribution in [0.15, 0.2) is 22.7 Å². The quantitative estimate of drug-likeness (QED) is 0.668. The number of ether oxygens (including phenoxy) is 4. The molecule has 0 aromatic heterocycles. The number of hydrogen-bond donors (Lipinski definition) is 2. The van der Waals surface area contributed by atoms with E-state index in [-0.39, 0.29) is 12.2 Å². The third-order valence-electron chi connectivity index (χ3n) is 5.01. The van der Waals surface area contributed by atoms with Crippen molar-refractivity contribution in [2.45, 2.75) is 38.9 Å². The largest absolute Gasteiger partial charge is 0.485 e. The number of aryl methyl sites for hydroxylation is 2. The molecule has 0 amide bonds. The molecule has 29 heavy (non-hydrogen) atoms. The van der Waals surface area contributed by atoms with E-state index in [0.717, 1.165) is 45.6 Å². The van der Waals surface area contributed by atoms with E-state index in [9.17, 15) is 0 Å². The number of nitrogens with two attached hydrogens (primary N) is 2. The molecular formula is C22H29BrN2O4. The second-order valence-electron chi connectivity index (χ2n) is 7.55. The van der Waals surface area contributed by atoms with Crippen LogP contribution >= 0.6 is 15.9 Å². The van der Waals surface area contributed by atoms with Crippen molar-refractivity contribution in [3.63, 3.8) is 0 Å². The van der Waals surface area contributed by atoms with E-state index in [1.54, 1.807) is 14.2 Å². The van der Waals surface area contributed by atoms with Gasteiger partial charge in [0.1, 0.15) is 23.7 Å². The van der Waals surface area contributed by atoms with Crippen molar-refractivity contribution in [1.29, 1.82) is 0 Å². The molecule has 0 radical (unpaired) electrons. The second kappa shape index (κ2) is 9.24. The molecule has 0 fully saturated rings. The zero-order valence-electron chi connectivity index (χ0n) is 17.4. The number of nitrogen functional groups attached to an aromatic ring is 2. The molecule has 2 aliphatic heterocycles. The number of rotatable bonds is 4. The van der Waals surface area contributed by atoms with Gasteiger partial charge in [-0.3, -0.25) is 0 Å². The predicted molar refractivity (Wildman–Crippen MR) is 119 cm³/mol. The summed E-state index contributed by atoms with van der Waals surface area (Å²) < 4.78 is 22.7. The Bertz CT molecular complexity index is 888. The van der Waals surface area contributed by atoms with E-state index in [1.807, 2.05) is 26.0 Å². The maximum absolute atomic E-state index is 5.91. The Morgan fingerprint density at radius 1 is 0.931 bits per heavy atom. The van der Waals surface area contributed by atoms with Gasteiger partial charge in [0, 0.05) is 42.7 Å². The van der Waals surface area contributed by atoms with Crippen LogP contribution in [-0.2, 0) is 22.3 Å². The van der Waals surface area contributed by atoms with Crippen LogP contribution in [0.1, 0.15) is 22.3 Å². The van der Waals surface area contributed by atoms with Crippen molar-refractivity contribution in [3.8, 4) is 11.5 Å². The number of methoxy groups -OCH3 is 2. The van der Waals surface area contributed by atoms with Crippen molar-refractivity contribution in [1.82, 2.24) is 0 Å². The van der Waals surface area contributed by atoms with E-state index in [4.69, 9.17) is 30.4 Å². The molecule has 2 unspecified atom stereocenters. The molecule has 2 heterocycles. The van der Waals surface area contributed by atoms with Crippen LogP contribution in [0.2, 0.25) is 0 Å². The molecule has 2 atom stereocenters. The van der Waals surface area contributed by atoms with Crippen LogP contribution in [0.3, 0.4) is 0 Å². The molecule has 4 rings (SSSR count). The van der Waals surface area contributed by atoms with Gasteiger partial charge in [0.2, 0.25) is 0 Å². The van der Waals surface area contributed by atoms with Gasteiger partial charge in [0.05, 0.1) is 24.6 Å². The third-order valence-corrected chi connectivity index (χ3v) is 6.12. The van der Waals surface area contributed by atoms with E-state index in [0.29, 0.717) is 18.9 Å². The average molecular weight is 465 g/mol. The first kappa shape index (κ1) is 21.7. The molecule has 158 valence electrons. The fourth-order valence-electron chi connectivity index (χ4n) is 3.82. The lowest BCUT2D eigenvalue weighted by atomic mass is 10.1. The molecule has 7 heteroatoms. The summed E-state index contributed by atoms with van der Waals surface area (Å²) in [4.78, 5) is 0. The van der Waals surface area contributed by atoms with E-state index in [1.165, 1.54) is 11.1 Å². The Kier molecular flexibility index (Phi) is 6.93. The standard InChI is InChI=1S/C11H14BrNO2.C11H15NO2/c1-6-3-9(13)11-8(10(6)12)4-7(15-11)5-14-2;1-7-3-8-5-9(6-13-2)14-11(8)10(12)4-7/h3,7H,4-5,13H2,1-2H3;3-4,9H,5-6,12H2,1-2H3. The summed E-state index contributed by atoms with van der Waals surface area (Å²) in [5.41, 5.74) is 17.9. The van der Waals surface area contributed by atoms with Gasteiger partial charge in [-0.1, -0.05) is 22.0 Å². The molecule has 0 saturated heterocycles. The van der Waals surface area contributed by atoms with Crippen LogP contribution in [-0.4, -0.2) is 39.6 Å². The van der Waals surface area contributed by atoms with Crippen LogP contribution in [0.25, 0.3) is 0 Å². The van der Waals surface area contributed by atoms with Gasteiger partial charge in [0.25, 0.3) is 0 Å². The molecule has 2 aromatic carbocycles. The molecule has 4 N–H and O–H groups in total. The third kappa shape index (κ3) is 4.79. The molecule has 0 aliphatic carbocycles. The smallest absolute Gasteiger partial charge is 0.147 e. The molecule has 2 aromatic rings. The topological polar surface area (TPSA) is 89.0 Å². The minimum Gasteiger partial charge on any atom is -0.485 e. The fraction of sp³-hybridized carbons (Fsp3) is 0.455. The Balaban J connectivity index is 0.000000166. The van der Waals surface area contributed by atoms with E-state index < -0.39 is 0 Å². The maximum atomic E-state index is 5.91. The highest BCUT2D eigenvalue weighted by Gasteiger charge is 2.28. The summed E-state index contributed by atoms with van der Waals surface area (Å²) in [6, 6.07) is 5.99. The molecule has 0 spiro atoms. The van der Waals surface area contributed by atoms with Crippen molar-refractivity contribution >= 4 is 27.3 Å². The summed E-state index contributed by atoms with van der Waals surface area (Å²) in [5.74, 6) is 1.66. The molecular weight excluding hydrogens is 436 g/mol. The van der Waals surface area contributed by atoms with Gasteiger partial charge < -0.3 is 30.4 Å². The lowest BCUT2D eigenvalue weighted by molar-refractivity contribution is 0.0955. The summed E-state index contributed by atoms with van der Waals surface area (Å²) >= 11 is 3.57. The van der Waals surface area contributed by atoms with Crippen LogP contribution < -0.4 is 20.9 Å². The monoisotopic (exact) mass is 464 g/mol. The highest BCUT2D eigenvalue weighted by atomic mass is 79.9. The van der Waals surface area contributed by atoms with Gasteiger partial charge in [0.15, 0.2) is 0 Å². The first-order valence-corrected chi connectivity index (χ1v) is 10.4. The Morgan fingerprint density at radius 3 is 2.17 bits per heavy atom. The number of benzene rings is 2. The van der Waals surface area contributed by atoms with Crippen LogP contribution in [0.4, 0.5) is 11.4 Å². The highest BCUT2D eigenvalue weighted by Crippen LogP contribution is 2.41. The lowest BCUT2D eigenvalue weighted by Crippen LogP contribution is -2.19. The summed E-state index contributed by atoms with van der Waals surface area (Å²) in [7, 11) is 3.36. The fourth-order valence-corrected chi connectivity index (χ4v) is 4.27. The van der Waals surface area contributed by atoms with Crippen molar-refractivity contribution in [2.24, 2.45) is 0 Å². The number of hydrogen-bond acceptors (Lipinski definition) is 6. The number of fused-ring (bicyclic) bond motifs is 2. The van der Waals surface area contributed by atoms with Gasteiger partial charge in [-0.05, 0) is 37.1 Å². The van der Waals surface area contributed by atoms with Gasteiger partial charge in [-0.25, -0.2) is 0 Å². The Hall–Kier alpha value is -1.96. The molecule has 2 aliphatic rings. The zero-order chi connectivity index (χ0) is 21.1. The maximum Gasteiger partial charge on any atom is 0.147 e. The summed E-state index contributed by atoms with van der Waals surface area (Å²) in [5, 5.41) is 0. The van der Waals surface area contributed by atoms with E-state index in [2.05, 4.69) is 22.0 Å². The second-order valence-corrected chi connectivity index (χ2v) is 8.34. The average Bonchev–Trinajstić information content (AvgIpc) is 3.26. The van der Waals surface area contributed by atoms with Crippen molar-refractivity contribution in [2.75, 3.05) is 38.9 Å². The number of anilines is 2. The Labute approximate surface area is 180 Å². The first-order valence-electron chi connectivity index (χ1n) is 9.61. The number of halogens is 1. The lowest BCUT2D eigenvalue weighted by Gasteiger charge is -2.10.